The van der Waals surface area contributed by atoms with Gasteiger partial charge in [-0.25, -0.2) is 4.39 Å². The minimum Gasteiger partial charge on any atom is -0.480 e. The Kier molecular flexibility index (Phi) is 4.90. The summed E-state index contributed by atoms with van der Waals surface area (Å²) in [6, 6.07) is 3.49. The van der Waals surface area contributed by atoms with Crippen LogP contribution in [-0.4, -0.2) is 34.5 Å². The zero-order valence-corrected chi connectivity index (χ0v) is 11.7. The van der Waals surface area contributed by atoms with Gasteiger partial charge < -0.3 is 10.8 Å². The van der Waals surface area contributed by atoms with Gasteiger partial charge in [-0.3, -0.25) is 14.5 Å². The van der Waals surface area contributed by atoms with Gasteiger partial charge in [-0.15, -0.1) is 0 Å². The molecule has 1 unspecified atom stereocenters. The number of likely N-dealkylation sites (tertiary alicyclic amines) is 1. The van der Waals surface area contributed by atoms with Gasteiger partial charge in [0.2, 0.25) is 5.91 Å². The number of hydrogen-bond acceptors (Lipinski definition) is 3. The average Bonchev–Trinajstić information content (AvgIpc) is 2.66. The van der Waals surface area contributed by atoms with E-state index in [0.29, 0.717) is 18.5 Å². The van der Waals surface area contributed by atoms with E-state index in [1.54, 1.807) is 4.90 Å². The second kappa shape index (κ2) is 6.67. The lowest BCUT2D eigenvalue weighted by Crippen LogP contribution is -2.40. The molecular weight excluding hydrogens is 275 g/mol. The molecule has 0 aliphatic carbocycles. The van der Waals surface area contributed by atoms with Gasteiger partial charge in [-0.2, -0.15) is 0 Å². The standard InChI is InChI=1S/C15H19FN2O3/c16-12-8-10(14(17)19)5-6-11(12)9-18-7-3-1-2-4-13(18)15(20)21/h5-6,8,13H,1-4,7,9H2,(H2,17,19)(H,20,21). The van der Waals surface area contributed by atoms with Crippen molar-refractivity contribution in [1.82, 2.24) is 4.90 Å². The van der Waals surface area contributed by atoms with E-state index in [9.17, 15) is 19.1 Å². The summed E-state index contributed by atoms with van der Waals surface area (Å²) in [5.74, 6) is -2.08. The summed E-state index contributed by atoms with van der Waals surface area (Å²) in [4.78, 5) is 24.1. The molecule has 1 aliphatic heterocycles. The lowest BCUT2D eigenvalue weighted by Gasteiger charge is -2.26. The minimum atomic E-state index is -0.869. The third-order valence-corrected chi connectivity index (χ3v) is 3.86. The molecule has 1 heterocycles. The van der Waals surface area contributed by atoms with E-state index in [0.717, 1.165) is 25.3 Å². The molecule has 1 aromatic carbocycles. The molecule has 0 spiro atoms. The van der Waals surface area contributed by atoms with Crippen LogP contribution in [-0.2, 0) is 11.3 Å². The fourth-order valence-corrected chi connectivity index (χ4v) is 2.68. The molecule has 21 heavy (non-hydrogen) atoms. The number of nitrogens with two attached hydrogens (primary N) is 1. The minimum absolute atomic E-state index is 0.113. The maximum absolute atomic E-state index is 14.0. The maximum Gasteiger partial charge on any atom is 0.320 e. The Hall–Kier alpha value is -1.95. The average molecular weight is 294 g/mol. The predicted molar refractivity (Wildman–Crippen MR) is 75.2 cm³/mol. The van der Waals surface area contributed by atoms with Crippen molar-refractivity contribution in [2.24, 2.45) is 5.73 Å². The monoisotopic (exact) mass is 294 g/mol. The van der Waals surface area contributed by atoms with Crippen molar-refractivity contribution in [1.29, 1.82) is 0 Å². The summed E-state index contributed by atoms with van der Waals surface area (Å²) in [7, 11) is 0. The first kappa shape index (κ1) is 15.4. The number of rotatable bonds is 4. The second-order valence-electron chi connectivity index (χ2n) is 5.34. The zero-order valence-electron chi connectivity index (χ0n) is 11.7. The molecule has 1 aliphatic rings. The zero-order chi connectivity index (χ0) is 15.4. The molecule has 1 amide bonds. The lowest BCUT2D eigenvalue weighted by atomic mass is 10.1. The number of carboxylic acid groups (broad SMARTS) is 1. The van der Waals surface area contributed by atoms with Gasteiger partial charge in [0.1, 0.15) is 11.9 Å². The largest absolute Gasteiger partial charge is 0.480 e. The summed E-state index contributed by atoms with van der Waals surface area (Å²) in [6.07, 6.45) is 3.35. The van der Waals surface area contributed by atoms with Crippen molar-refractivity contribution < 1.29 is 19.1 Å². The van der Waals surface area contributed by atoms with Crippen molar-refractivity contribution in [2.45, 2.75) is 38.3 Å². The van der Waals surface area contributed by atoms with Crippen LogP contribution in [0.4, 0.5) is 4.39 Å². The predicted octanol–water partition coefficient (Wildman–Crippen LogP) is 1.75. The number of benzene rings is 1. The summed E-state index contributed by atoms with van der Waals surface area (Å²) >= 11 is 0. The smallest absolute Gasteiger partial charge is 0.320 e. The van der Waals surface area contributed by atoms with Gasteiger partial charge in [-0.05, 0) is 31.5 Å². The fraction of sp³-hybridized carbons (Fsp3) is 0.467. The number of primary amides is 1. The Balaban J connectivity index is 2.18. The SMILES string of the molecule is NC(=O)c1ccc(CN2CCCCCC2C(=O)O)c(F)c1. The van der Waals surface area contributed by atoms with Crippen molar-refractivity contribution in [3.63, 3.8) is 0 Å². The number of carbonyl (C=O) groups is 2. The Bertz CT molecular complexity index is 548. The third kappa shape index (κ3) is 3.78. The summed E-state index contributed by atoms with van der Waals surface area (Å²) in [5, 5.41) is 9.30. The van der Waals surface area contributed by atoms with Crippen molar-refractivity contribution in [3.05, 3.63) is 35.1 Å². The van der Waals surface area contributed by atoms with Crippen LogP contribution in [0.25, 0.3) is 0 Å². The molecule has 6 heteroatoms. The Labute approximate surface area is 122 Å². The molecule has 1 fully saturated rings. The van der Waals surface area contributed by atoms with Gasteiger partial charge in [0.05, 0.1) is 0 Å². The third-order valence-electron chi connectivity index (χ3n) is 3.86. The van der Waals surface area contributed by atoms with Crippen molar-refractivity contribution >= 4 is 11.9 Å². The molecular formula is C15H19FN2O3. The van der Waals surface area contributed by atoms with Crippen LogP contribution >= 0.6 is 0 Å². The van der Waals surface area contributed by atoms with Crippen LogP contribution in [0.15, 0.2) is 18.2 Å². The quantitative estimate of drug-likeness (QED) is 0.886. The highest BCUT2D eigenvalue weighted by Gasteiger charge is 2.27. The maximum atomic E-state index is 14.0. The van der Waals surface area contributed by atoms with E-state index in [1.165, 1.54) is 12.1 Å². The van der Waals surface area contributed by atoms with E-state index in [-0.39, 0.29) is 12.1 Å². The molecule has 1 atom stereocenters. The molecule has 3 N–H and O–H groups in total. The highest BCUT2D eigenvalue weighted by molar-refractivity contribution is 5.92. The topological polar surface area (TPSA) is 83.6 Å². The first-order valence-electron chi connectivity index (χ1n) is 7.04. The van der Waals surface area contributed by atoms with Gasteiger partial charge in [0, 0.05) is 17.7 Å². The number of halogens is 1. The Morgan fingerprint density at radius 2 is 2.10 bits per heavy atom. The van der Waals surface area contributed by atoms with Crippen LogP contribution in [0.3, 0.4) is 0 Å². The summed E-state index contributed by atoms with van der Waals surface area (Å²) in [6.45, 7) is 0.857. The molecule has 0 radical (unpaired) electrons. The molecule has 1 saturated heterocycles. The van der Waals surface area contributed by atoms with Crippen LogP contribution in [0, 0.1) is 5.82 Å². The van der Waals surface area contributed by atoms with Crippen molar-refractivity contribution in [2.75, 3.05) is 6.54 Å². The number of aliphatic carboxylic acids is 1. The van der Waals surface area contributed by atoms with E-state index in [1.807, 2.05) is 0 Å². The number of carboxylic acids is 1. The highest BCUT2D eigenvalue weighted by Crippen LogP contribution is 2.21. The van der Waals surface area contributed by atoms with Crippen LogP contribution < -0.4 is 5.73 Å². The van der Waals surface area contributed by atoms with Crippen LogP contribution in [0.2, 0.25) is 0 Å². The van der Waals surface area contributed by atoms with Crippen LogP contribution in [0.5, 0.6) is 0 Å². The normalized spacial score (nSPS) is 20.0. The highest BCUT2D eigenvalue weighted by atomic mass is 19.1. The number of carbonyl (C=O) groups excluding carboxylic acids is 1. The summed E-state index contributed by atoms with van der Waals surface area (Å²) in [5.41, 5.74) is 5.60. The van der Waals surface area contributed by atoms with Gasteiger partial charge in [-0.1, -0.05) is 18.9 Å². The molecule has 0 saturated carbocycles. The van der Waals surface area contributed by atoms with Crippen molar-refractivity contribution in [3.8, 4) is 0 Å². The van der Waals surface area contributed by atoms with E-state index >= 15 is 0 Å². The van der Waals surface area contributed by atoms with Crippen LogP contribution in [0.1, 0.15) is 41.6 Å². The fourth-order valence-electron chi connectivity index (χ4n) is 2.68. The first-order valence-corrected chi connectivity index (χ1v) is 7.04. The Morgan fingerprint density at radius 1 is 1.33 bits per heavy atom. The molecule has 0 bridgehead atoms. The molecule has 114 valence electrons. The molecule has 2 rings (SSSR count). The van der Waals surface area contributed by atoms with Gasteiger partial charge in [0.15, 0.2) is 0 Å². The lowest BCUT2D eigenvalue weighted by molar-refractivity contribution is -0.143. The number of nitrogens with zero attached hydrogens (tertiary/aromatic N) is 1. The second-order valence-corrected chi connectivity index (χ2v) is 5.34. The van der Waals surface area contributed by atoms with Gasteiger partial charge in [0.25, 0.3) is 0 Å². The molecule has 1 aromatic rings. The summed E-state index contributed by atoms with van der Waals surface area (Å²) < 4.78 is 14.0. The Morgan fingerprint density at radius 3 is 2.71 bits per heavy atom. The number of hydrogen-bond donors (Lipinski definition) is 2. The first-order chi connectivity index (χ1) is 9.99. The van der Waals surface area contributed by atoms with E-state index in [4.69, 9.17) is 5.73 Å². The molecule has 0 aromatic heterocycles. The van der Waals surface area contributed by atoms with E-state index in [2.05, 4.69) is 0 Å². The molecule has 5 nitrogen and oxygen atoms in total. The van der Waals surface area contributed by atoms with Gasteiger partial charge >= 0.3 is 5.97 Å². The number of amides is 1. The van der Waals surface area contributed by atoms with E-state index < -0.39 is 23.7 Å².